The number of nitrogens with zero attached hydrogens (tertiary/aromatic N) is 2. The molecule has 0 spiro atoms. The van der Waals surface area contributed by atoms with E-state index in [0.29, 0.717) is 11.8 Å². The summed E-state index contributed by atoms with van der Waals surface area (Å²) in [5.41, 5.74) is 9.15. The first-order valence-electron chi connectivity index (χ1n) is 7.37. The Hall–Kier alpha value is -1.77. The van der Waals surface area contributed by atoms with Gasteiger partial charge in [-0.3, -0.25) is 4.98 Å². The molecule has 3 nitrogen and oxygen atoms in total. The van der Waals surface area contributed by atoms with E-state index in [1.54, 1.807) is 6.20 Å². The van der Waals surface area contributed by atoms with Crippen LogP contribution in [0.1, 0.15) is 27.7 Å². The third kappa shape index (κ3) is 3.21. The molecule has 1 aromatic heterocycles. The molecule has 0 atom stereocenters. The Balaban J connectivity index is 2.53. The van der Waals surface area contributed by atoms with Crippen molar-refractivity contribution in [3.63, 3.8) is 0 Å². The van der Waals surface area contributed by atoms with Gasteiger partial charge in [0.15, 0.2) is 0 Å². The summed E-state index contributed by atoms with van der Waals surface area (Å²) >= 11 is 0. The standard InChI is InChI=1S/C17H25N3/c1-12(2)10-20(11-13(3)4)17-14-7-5-6-8-16(14)19-9-15(17)18/h5-9,12-13H,10-11,18H2,1-4H3. The normalized spacial score (nSPS) is 11.5. The van der Waals surface area contributed by atoms with Crippen molar-refractivity contribution in [1.82, 2.24) is 4.98 Å². The number of anilines is 2. The Morgan fingerprint density at radius 1 is 1.05 bits per heavy atom. The summed E-state index contributed by atoms with van der Waals surface area (Å²) in [4.78, 5) is 6.84. The van der Waals surface area contributed by atoms with E-state index in [0.717, 1.165) is 35.4 Å². The van der Waals surface area contributed by atoms with Gasteiger partial charge in [-0.1, -0.05) is 45.9 Å². The van der Waals surface area contributed by atoms with Gasteiger partial charge in [0, 0.05) is 18.5 Å². The average Bonchev–Trinajstić information content (AvgIpc) is 2.36. The van der Waals surface area contributed by atoms with Crippen LogP contribution in [-0.2, 0) is 0 Å². The quantitative estimate of drug-likeness (QED) is 0.895. The number of hydrogen-bond acceptors (Lipinski definition) is 3. The van der Waals surface area contributed by atoms with Crippen molar-refractivity contribution in [2.24, 2.45) is 11.8 Å². The summed E-state index contributed by atoms with van der Waals surface area (Å²) < 4.78 is 0. The van der Waals surface area contributed by atoms with Crippen molar-refractivity contribution in [3.05, 3.63) is 30.5 Å². The van der Waals surface area contributed by atoms with E-state index in [4.69, 9.17) is 5.73 Å². The number of benzene rings is 1. The molecule has 3 heteroatoms. The van der Waals surface area contributed by atoms with E-state index in [9.17, 15) is 0 Å². The molecular formula is C17H25N3. The number of hydrogen-bond donors (Lipinski definition) is 1. The third-order valence-corrected chi connectivity index (χ3v) is 3.26. The molecule has 0 aliphatic rings. The second-order valence-corrected chi connectivity index (χ2v) is 6.27. The number of nitrogens with two attached hydrogens (primary N) is 1. The van der Waals surface area contributed by atoms with E-state index in [-0.39, 0.29) is 0 Å². The second-order valence-electron chi connectivity index (χ2n) is 6.27. The minimum atomic E-state index is 0.597. The van der Waals surface area contributed by atoms with Crippen LogP contribution in [0.25, 0.3) is 10.9 Å². The summed E-state index contributed by atoms with van der Waals surface area (Å²) in [6.07, 6.45) is 1.78. The predicted octanol–water partition coefficient (Wildman–Crippen LogP) is 3.94. The highest BCUT2D eigenvalue weighted by atomic mass is 15.1. The van der Waals surface area contributed by atoms with Gasteiger partial charge in [0.25, 0.3) is 0 Å². The summed E-state index contributed by atoms with van der Waals surface area (Å²) in [5.74, 6) is 1.19. The van der Waals surface area contributed by atoms with Gasteiger partial charge in [-0.15, -0.1) is 0 Å². The van der Waals surface area contributed by atoms with Crippen LogP contribution >= 0.6 is 0 Å². The van der Waals surface area contributed by atoms with Crippen LogP contribution in [-0.4, -0.2) is 18.1 Å². The van der Waals surface area contributed by atoms with Gasteiger partial charge >= 0.3 is 0 Å². The molecule has 0 unspecified atom stereocenters. The van der Waals surface area contributed by atoms with Gasteiger partial charge in [0.2, 0.25) is 0 Å². The molecule has 1 aromatic carbocycles. The van der Waals surface area contributed by atoms with Crippen LogP contribution in [0.3, 0.4) is 0 Å². The number of aromatic nitrogens is 1. The highest BCUT2D eigenvalue weighted by Crippen LogP contribution is 2.32. The average molecular weight is 271 g/mol. The Morgan fingerprint density at radius 2 is 1.65 bits per heavy atom. The second kappa shape index (κ2) is 6.12. The van der Waals surface area contributed by atoms with Crippen LogP contribution in [0.15, 0.2) is 30.5 Å². The molecule has 0 saturated heterocycles. The molecule has 20 heavy (non-hydrogen) atoms. The first kappa shape index (κ1) is 14.6. The van der Waals surface area contributed by atoms with E-state index in [2.05, 4.69) is 49.7 Å². The topological polar surface area (TPSA) is 42.1 Å². The zero-order chi connectivity index (χ0) is 14.7. The van der Waals surface area contributed by atoms with Crippen LogP contribution in [0.5, 0.6) is 0 Å². The number of nitrogen functional groups attached to an aromatic ring is 1. The van der Waals surface area contributed by atoms with E-state index in [1.807, 2.05) is 12.1 Å². The minimum absolute atomic E-state index is 0.597. The molecule has 0 radical (unpaired) electrons. The summed E-state index contributed by atoms with van der Waals surface area (Å²) in [6.45, 7) is 11.0. The van der Waals surface area contributed by atoms with E-state index in [1.165, 1.54) is 0 Å². The molecule has 2 aromatic rings. The van der Waals surface area contributed by atoms with Crippen molar-refractivity contribution in [2.45, 2.75) is 27.7 Å². The molecule has 0 bridgehead atoms. The highest BCUT2D eigenvalue weighted by Gasteiger charge is 2.16. The zero-order valence-electron chi connectivity index (χ0n) is 12.9. The van der Waals surface area contributed by atoms with Gasteiger partial charge in [-0.2, -0.15) is 0 Å². The summed E-state index contributed by atoms with van der Waals surface area (Å²) in [5, 5.41) is 1.15. The Kier molecular flexibility index (Phi) is 4.48. The molecule has 108 valence electrons. The largest absolute Gasteiger partial charge is 0.396 e. The van der Waals surface area contributed by atoms with Gasteiger partial charge in [-0.25, -0.2) is 0 Å². The molecule has 0 saturated carbocycles. The molecule has 2 N–H and O–H groups in total. The highest BCUT2D eigenvalue weighted by molar-refractivity contribution is 5.97. The molecule has 0 aliphatic carbocycles. The van der Waals surface area contributed by atoms with Crippen LogP contribution in [0.2, 0.25) is 0 Å². The molecule has 2 rings (SSSR count). The lowest BCUT2D eigenvalue weighted by atomic mass is 10.1. The van der Waals surface area contributed by atoms with Crippen molar-refractivity contribution < 1.29 is 0 Å². The predicted molar refractivity (Wildman–Crippen MR) is 88.0 cm³/mol. The minimum Gasteiger partial charge on any atom is -0.396 e. The third-order valence-electron chi connectivity index (χ3n) is 3.26. The van der Waals surface area contributed by atoms with Crippen molar-refractivity contribution in [1.29, 1.82) is 0 Å². The number of rotatable bonds is 5. The maximum absolute atomic E-state index is 6.23. The first-order valence-corrected chi connectivity index (χ1v) is 7.37. The first-order chi connectivity index (χ1) is 9.49. The number of pyridine rings is 1. The Labute approximate surface area is 121 Å². The van der Waals surface area contributed by atoms with Gasteiger partial charge in [0.1, 0.15) is 0 Å². The van der Waals surface area contributed by atoms with Gasteiger partial charge in [-0.05, 0) is 17.9 Å². The smallest absolute Gasteiger partial charge is 0.0745 e. The maximum atomic E-state index is 6.23. The summed E-state index contributed by atoms with van der Waals surface area (Å²) in [7, 11) is 0. The molecule has 1 heterocycles. The van der Waals surface area contributed by atoms with Crippen LogP contribution in [0.4, 0.5) is 11.4 Å². The molecule has 0 fully saturated rings. The lowest BCUT2D eigenvalue weighted by molar-refractivity contribution is 0.554. The van der Waals surface area contributed by atoms with Gasteiger partial charge < -0.3 is 10.6 Å². The van der Waals surface area contributed by atoms with Crippen LogP contribution < -0.4 is 10.6 Å². The SMILES string of the molecule is CC(C)CN(CC(C)C)c1c(N)cnc2ccccc12. The number of fused-ring (bicyclic) bond motifs is 1. The molecule has 0 amide bonds. The lowest BCUT2D eigenvalue weighted by Crippen LogP contribution is -2.32. The van der Waals surface area contributed by atoms with E-state index < -0.39 is 0 Å². The fraction of sp³-hybridized carbons (Fsp3) is 0.471. The lowest BCUT2D eigenvalue weighted by Gasteiger charge is -2.30. The fourth-order valence-corrected chi connectivity index (χ4v) is 2.63. The Bertz CT molecular complexity index is 565. The van der Waals surface area contributed by atoms with E-state index >= 15 is 0 Å². The van der Waals surface area contributed by atoms with Crippen molar-refractivity contribution >= 4 is 22.3 Å². The monoisotopic (exact) mass is 271 g/mol. The van der Waals surface area contributed by atoms with Crippen molar-refractivity contribution in [2.75, 3.05) is 23.7 Å². The fourth-order valence-electron chi connectivity index (χ4n) is 2.63. The molecular weight excluding hydrogens is 246 g/mol. The number of para-hydroxylation sites is 1. The van der Waals surface area contributed by atoms with Gasteiger partial charge in [0.05, 0.1) is 23.1 Å². The zero-order valence-corrected chi connectivity index (χ0v) is 12.9. The van der Waals surface area contributed by atoms with Crippen LogP contribution in [0, 0.1) is 11.8 Å². The summed E-state index contributed by atoms with van der Waals surface area (Å²) in [6, 6.07) is 8.23. The molecule has 0 aliphatic heterocycles. The van der Waals surface area contributed by atoms with Crippen molar-refractivity contribution in [3.8, 4) is 0 Å². The maximum Gasteiger partial charge on any atom is 0.0745 e. The Morgan fingerprint density at radius 3 is 2.25 bits per heavy atom.